The summed E-state index contributed by atoms with van der Waals surface area (Å²) in [5.41, 5.74) is 5.66. The first-order chi connectivity index (χ1) is 8.13. The van der Waals surface area contributed by atoms with E-state index in [-0.39, 0.29) is 0 Å². The summed E-state index contributed by atoms with van der Waals surface area (Å²) in [6, 6.07) is 0. The van der Waals surface area contributed by atoms with Gasteiger partial charge in [-0.2, -0.15) is 0 Å². The highest BCUT2D eigenvalue weighted by atomic mass is 15.1. The molecule has 0 aromatic carbocycles. The molecule has 0 aliphatic heterocycles. The van der Waals surface area contributed by atoms with Crippen molar-refractivity contribution in [2.24, 2.45) is 17.6 Å². The van der Waals surface area contributed by atoms with Gasteiger partial charge in [-0.15, -0.1) is 0 Å². The quantitative estimate of drug-likeness (QED) is 0.601. The smallest absolute Gasteiger partial charge is 0.000387 e. The third-order valence-corrected chi connectivity index (χ3v) is 3.74. The van der Waals surface area contributed by atoms with Gasteiger partial charge in [0, 0.05) is 6.54 Å². The van der Waals surface area contributed by atoms with Crippen LogP contribution in [0.2, 0.25) is 0 Å². The summed E-state index contributed by atoms with van der Waals surface area (Å²) in [6.07, 6.45) is 7.84. The Morgan fingerprint density at radius 3 is 2.35 bits per heavy atom. The minimum absolute atomic E-state index is 0.829. The van der Waals surface area contributed by atoms with Crippen LogP contribution in [0.25, 0.3) is 0 Å². The van der Waals surface area contributed by atoms with Crippen LogP contribution in [0, 0.1) is 11.8 Å². The molecule has 0 aromatic heterocycles. The van der Waals surface area contributed by atoms with Crippen LogP contribution in [0.3, 0.4) is 0 Å². The molecule has 0 saturated carbocycles. The number of nitrogens with zero attached hydrogens (tertiary/aromatic N) is 1. The Bertz CT molecular complexity index is 153. The maximum atomic E-state index is 5.66. The molecule has 0 spiro atoms. The highest BCUT2D eigenvalue weighted by Gasteiger charge is 2.08. The molecule has 0 amide bonds. The van der Waals surface area contributed by atoms with Crippen molar-refractivity contribution in [1.82, 2.24) is 4.90 Å². The van der Waals surface area contributed by atoms with E-state index in [0.717, 1.165) is 18.4 Å². The highest BCUT2D eigenvalue weighted by Crippen LogP contribution is 2.17. The molecule has 2 heteroatoms. The van der Waals surface area contributed by atoms with E-state index in [1.165, 1.54) is 51.6 Å². The lowest BCUT2D eigenvalue weighted by atomic mass is 9.94. The first kappa shape index (κ1) is 16.9. The molecule has 0 aliphatic rings. The van der Waals surface area contributed by atoms with Gasteiger partial charge in [0.1, 0.15) is 0 Å². The summed E-state index contributed by atoms with van der Waals surface area (Å²) in [6.45, 7) is 10.2. The van der Waals surface area contributed by atoms with E-state index in [1.807, 2.05) is 0 Å². The molecule has 0 bridgehead atoms. The average Bonchev–Trinajstić information content (AvgIpc) is 2.29. The molecule has 2 N–H and O–H groups in total. The minimum Gasteiger partial charge on any atom is -0.330 e. The Hall–Kier alpha value is -0.0800. The fourth-order valence-electron chi connectivity index (χ4n) is 2.48. The number of hydrogen-bond donors (Lipinski definition) is 1. The van der Waals surface area contributed by atoms with Gasteiger partial charge in [-0.1, -0.05) is 40.0 Å². The van der Waals surface area contributed by atoms with Crippen LogP contribution in [0.15, 0.2) is 0 Å². The van der Waals surface area contributed by atoms with Crippen molar-refractivity contribution in [3.8, 4) is 0 Å². The number of rotatable bonds is 11. The first-order valence-electron chi connectivity index (χ1n) is 7.52. The topological polar surface area (TPSA) is 29.3 Å². The number of nitrogens with two attached hydrogens (primary N) is 1. The lowest BCUT2D eigenvalue weighted by molar-refractivity contribution is 0.266. The molecule has 0 aromatic rings. The Kier molecular flexibility index (Phi) is 11.0. The molecule has 2 atom stereocenters. The van der Waals surface area contributed by atoms with Gasteiger partial charge in [-0.3, -0.25) is 0 Å². The second kappa shape index (κ2) is 11.0. The standard InChI is InChI=1S/C15H34N2/c1-5-8-15(10-11-16)9-7-12-17(4)13-14(3)6-2/h14-15H,5-13,16H2,1-4H3. The summed E-state index contributed by atoms with van der Waals surface area (Å²) in [7, 11) is 2.25. The van der Waals surface area contributed by atoms with E-state index < -0.39 is 0 Å². The zero-order chi connectivity index (χ0) is 13.1. The highest BCUT2D eigenvalue weighted by molar-refractivity contribution is 4.63. The van der Waals surface area contributed by atoms with Crippen molar-refractivity contribution in [2.45, 2.75) is 59.3 Å². The normalized spacial score (nSPS) is 15.2. The van der Waals surface area contributed by atoms with Gasteiger partial charge in [0.25, 0.3) is 0 Å². The van der Waals surface area contributed by atoms with E-state index >= 15 is 0 Å². The lowest BCUT2D eigenvalue weighted by Crippen LogP contribution is -2.25. The van der Waals surface area contributed by atoms with E-state index in [2.05, 4.69) is 32.7 Å². The van der Waals surface area contributed by atoms with Gasteiger partial charge in [-0.05, 0) is 51.2 Å². The zero-order valence-corrected chi connectivity index (χ0v) is 12.5. The predicted molar refractivity (Wildman–Crippen MR) is 78.3 cm³/mol. The monoisotopic (exact) mass is 242 g/mol. The zero-order valence-electron chi connectivity index (χ0n) is 12.5. The third-order valence-electron chi connectivity index (χ3n) is 3.74. The summed E-state index contributed by atoms with van der Waals surface area (Å²) >= 11 is 0. The minimum atomic E-state index is 0.829. The molecule has 2 nitrogen and oxygen atoms in total. The summed E-state index contributed by atoms with van der Waals surface area (Å²) < 4.78 is 0. The predicted octanol–water partition coefficient (Wildman–Crippen LogP) is 3.51. The summed E-state index contributed by atoms with van der Waals surface area (Å²) in [5, 5.41) is 0. The SMILES string of the molecule is CCCC(CCN)CCCN(C)CC(C)CC. The van der Waals surface area contributed by atoms with Crippen LogP contribution in [-0.2, 0) is 0 Å². The van der Waals surface area contributed by atoms with Crippen LogP contribution >= 0.6 is 0 Å². The average molecular weight is 242 g/mol. The van der Waals surface area contributed by atoms with Crippen LogP contribution in [0.4, 0.5) is 0 Å². The maximum Gasteiger partial charge on any atom is 0.000387 e. The summed E-state index contributed by atoms with van der Waals surface area (Å²) in [5.74, 6) is 1.69. The van der Waals surface area contributed by atoms with E-state index in [4.69, 9.17) is 5.73 Å². The molecule has 0 radical (unpaired) electrons. The molecule has 0 fully saturated rings. The van der Waals surface area contributed by atoms with E-state index in [0.29, 0.717) is 0 Å². The van der Waals surface area contributed by atoms with E-state index in [9.17, 15) is 0 Å². The molecule has 104 valence electrons. The number of hydrogen-bond acceptors (Lipinski definition) is 2. The van der Waals surface area contributed by atoms with Crippen LogP contribution in [0.5, 0.6) is 0 Å². The Balaban J connectivity index is 3.64. The fourth-order valence-corrected chi connectivity index (χ4v) is 2.48. The molecular weight excluding hydrogens is 208 g/mol. The van der Waals surface area contributed by atoms with Crippen molar-refractivity contribution in [3.63, 3.8) is 0 Å². The van der Waals surface area contributed by atoms with Gasteiger partial charge in [0.15, 0.2) is 0 Å². The molecule has 0 saturated heterocycles. The Labute approximate surface area is 109 Å². The molecular formula is C15H34N2. The second-order valence-electron chi connectivity index (χ2n) is 5.65. The second-order valence-corrected chi connectivity index (χ2v) is 5.65. The largest absolute Gasteiger partial charge is 0.330 e. The van der Waals surface area contributed by atoms with E-state index in [1.54, 1.807) is 0 Å². The molecule has 17 heavy (non-hydrogen) atoms. The first-order valence-corrected chi connectivity index (χ1v) is 7.52. The van der Waals surface area contributed by atoms with Crippen LogP contribution < -0.4 is 5.73 Å². The summed E-state index contributed by atoms with van der Waals surface area (Å²) in [4.78, 5) is 2.49. The van der Waals surface area contributed by atoms with Gasteiger partial charge < -0.3 is 10.6 Å². The van der Waals surface area contributed by atoms with Crippen molar-refractivity contribution in [3.05, 3.63) is 0 Å². The van der Waals surface area contributed by atoms with Crippen molar-refractivity contribution in [2.75, 3.05) is 26.7 Å². The molecule has 0 heterocycles. The fraction of sp³-hybridized carbons (Fsp3) is 1.00. The van der Waals surface area contributed by atoms with Gasteiger partial charge in [-0.25, -0.2) is 0 Å². The van der Waals surface area contributed by atoms with Gasteiger partial charge >= 0.3 is 0 Å². The van der Waals surface area contributed by atoms with Crippen LogP contribution in [-0.4, -0.2) is 31.6 Å². The molecule has 2 unspecified atom stereocenters. The van der Waals surface area contributed by atoms with Crippen molar-refractivity contribution < 1.29 is 0 Å². The third kappa shape index (κ3) is 9.61. The molecule has 0 rings (SSSR count). The Morgan fingerprint density at radius 2 is 1.82 bits per heavy atom. The molecule has 0 aliphatic carbocycles. The lowest BCUT2D eigenvalue weighted by Gasteiger charge is -2.22. The maximum absolute atomic E-state index is 5.66. The van der Waals surface area contributed by atoms with Crippen molar-refractivity contribution in [1.29, 1.82) is 0 Å². The van der Waals surface area contributed by atoms with Gasteiger partial charge in [0.05, 0.1) is 0 Å². The van der Waals surface area contributed by atoms with Gasteiger partial charge in [0.2, 0.25) is 0 Å². The Morgan fingerprint density at radius 1 is 1.12 bits per heavy atom. The van der Waals surface area contributed by atoms with Crippen LogP contribution in [0.1, 0.15) is 59.3 Å². The van der Waals surface area contributed by atoms with Crippen molar-refractivity contribution >= 4 is 0 Å².